The lowest BCUT2D eigenvalue weighted by Crippen LogP contribution is -2.31. The molecule has 6 nitrogen and oxygen atoms in total. The van der Waals surface area contributed by atoms with E-state index in [9.17, 15) is 9.59 Å². The highest BCUT2D eigenvalue weighted by atomic mass is 16.2. The molecule has 2 aromatic carbocycles. The SMILES string of the molecule is CCN(CCCNC(=O)c1cn(C)c(=O)c2c1c1ccccc1n2C)c1ccccc1. The summed E-state index contributed by atoms with van der Waals surface area (Å²) in [4.78, 5) is 28.2. The molecule has 0 radical (unpaired) electrons. The number of rotatable bonds is 7. The average Bonchev–Trinajstić information content (AvgIpc) is 3.09. The van der Waals surface area contributed by atoms with Crippen molar-refractivity contribution in [2.45, 2.75) is 13.3 Å². The lowest BCUT2D eigenvalue weighted by Gasteiger charge is -2.23. The molecule has 1 N–H and O–H groups in total. The maximum atomic E-state index is 13.1. The maximum Gasteiger partial charge on any atom is 0.274 e. The number of nitrogens with zero attached hydrogens (tertiary/aromatic N) is 3. The summed E-state index contributed by atoms with van der Waals surface area (Å²) in [5, 5.41) is 4.69. The molecule has 4 aromatic rings. The Bertz CT molecular complexity index is 1290. The van der Waals surface area contributed by atoms with Crippen molar-refractivity contribution in [3.05, 3.63) is 76.7 Å². The van der Waals surface area contributed by atoms with E-state index >= 15 is 0 Å². The van der Waals surface area contributed by atoms with Crippen LogP contribution in [0.15, 0.2) is 65.6 Å². The first-order valence-corrected chi connectivity index (χ1v) is 10.7. The number of hydrogen-bond acceptors (Lipinski definition) is 3. The second-order valence-electron chi connectivity index (χ2n) is 7.78. The fraction of sp³-hybridized carbons (Fsp3) is 0.280. The predicted octanol–water partition coefficient (Wildman–Crippen LogP) is 3.68. The Labute approximate surface area is 181 Å². The van der Waals surface area contributed by atoms with Crippen LogP contribution in [0.25, 0.3) is 21.8 Å². The summed E-state index contributed by atoms with van der Waals surface area (Å²) >= 11 is 0. The quantitative estimate of drug-likeness (QED) is 0.468. The van der Waals surface area contributed by atoms with Crippen molar-refractivity contribution in [2.24, 2.45) is 14.1 Å². The van der Waals surface area contributed by atoms with Gasteiger partial charge in [-0.25, -0.2) is 0 Å². The van der Waals surface area contributed by atoms with Crippen molar-refractivity contribution < 1.29 is 4.79 Å². The van der Waals surface area contributed by atoms with Gasteiger partial charge in [-0.15, -0.1) is 0 Å². The van der Waals surface area contributed by atoms with Gasteiger partial charge >= 0.3 is 0 Å². The number of anilines is 1. The van der Waals surface area contributed by atoms with Gasteiger partial charge in [0.1, 0.15) is 5.52 Å². The monoisotopic (exact) mass is 416 g/mol. The third-order valence-electron chi connectivity index (χ3n) is 5.86. The third kappa shape index (κ3) is 3.81. The minimum absolute atomic E-state index is 0.105. The summed E-state index contributed by atoms with van der Waals surface area (Å²) in [6.45, 7) is 4.47. The van der Waals surface area contributed by atoms with Crippen LogP contribution in [-0.2, 0) is 14.1 Å². The molecule has 0 aliphatic heterocycles. The van der Waals surface area contributed by atoms with E-state index < -0.39 is 0 Å². The van der Waals surface area contributed by atoms with Crippen LogP contribution >= 0.6 is 0 Å². The molecule has 0 saturated carbocycles. The molecule has 0 aliphatic carbocycles. The molecule has 4 rings (SSSR count). The number of aryl methyl sites for hydroxylation is 2. The zero-order valence-electron chi connectivity index (χ0n) is 18.3. The minimum atomic E-state index is -0.153. The number of hydrogen-bond donors (Lipinski definition) is 1. The van der Waals surface area contributed by atoms with Gasteiger partial charge in [0.2, 0.25) is 0 Å². The Morgan fingerprint density at radius 3 is 2.48 bits per heavy atom. The Morgan fingerprint density at radius 1 is 1.03 bits per heavy atom. The Kier molecular flexibility index (Phi) is 5.80. The van der Waals surface area contributed by atoms with Crippen molar-refractivity contribution in [2.75, 3.05) is 24.5 Å². The van der Waals surface area contributed by atoms with E-state index in [-0.39, 0.29) is 11.5 Å². The van der Waals surface area contributed by atoms with Gasteiger partial charge in [0.05, 0.1) is 5.56 Å². The second kappa shape index (κ2) is 8.68. The number of amides is 1. The first-order valence-electron chi connectivity index (χ1n) is 10.7. The van der Waals surface area contributed by atoms with Crippen LogP contribution in [-0.4, -0.2) is 34.7 Å². The highest BCUT2D eigenvalue weighted by molar-refractivity contribution is 6.17. The Morgan fingerprint density at radius 2 is 1.74 bits per heavy atom. The van der Waals surface area contributed by atoms with E-state index in [1.165, 1.54) is 10.3 Å². The molecular formula is C25H28N4O2. The second-order valence-corrected chi connectivity index (χ2v) is 7.78. The molecule has 0 bridgehead atoms. The molecule has 1 amide bonds. The largest absolute Gasteiger partial charge is 0.372 e. The van der Waals surface area contributed by atoms with Crippen molar-refractivity contribution in [3.8, 4) is 0 Å². The van der Waals surface area contributed by atoms with Crippen LogP contribution in [0.1, 0.15) is 23.7 Å². The van der Waals surface area contributed by atoms with E-state index in [0.717, 1.165) is 35.8 Å². The van der Waals surface area contributed by atoms with Crippen LogP contribution in [0.3, 0.4) is 0 Å². The van der Waals surface area contributed by atoms with Crippen LogP contribution in [0, 0.1) is 0 Å². The van der Waals surface area contributed by atoms with E-state index in [0.29, 0.717) is 17.6 Å². The summed E-state index contributed by atoms with van der Waals surface area (Å²) in [7, 11) is 3.56. The normalized spacial score (nSPS) is 11.2. The summed E-state index contributed by atoms with van der Waals surface area (Å²) in [5.74, 6) is -0.153. The number of nitrogens with one attached hydrogen (secondary N) is 1. The smallest absolute Gasteiger partial charge is 0.274 e. The third-order valence-corrected chi connectivity index (χ3v) is 5.86. The number of para-hydroxylation sites is 2. The van der Waals surface area contributed by atoms with Crippen LogP contribution in [0.4, 0.5) is 5.69 Å². The van der Waals surface area contributed by atoms with Gasteiger partial charge in [0.25, 0.3) is 11.5 Å². The standard InChI is InChI=1S/C25H28N4O2/c1-4-29(18-11-6-5-7-12-18)16-10-15-26-24(30)20-17-27(2)25(31)23-22(20)19-13-8-9-14-21(19)28(23)3/h5-9,11-14,17H,4,10,15-16H2,1-3H3,(H,26,30). The molecule has 0 atom stereocenters. The average molecular weight is 417 g/mol. The highest BCUT2D eigenvalue weighted by Gasteiger charge is 2.20. The zero-order valence-corrected chi connectivity index (χ0v) is 18.3. The van der Waals surface area contributed by atoms with Gasteiger partial charge in [0.15, 0.2) is 0 Å². The van der Waals surface area contributed by atoms with Gasteiger partial charge in [-0.1, -0.05) is 36.4 Å². The summed E-state index contributed by atoms with van der Waals surface area (Å²) in [5.41, 5.74) is 3.11. The molecule has 0 spiro atoms. The molecule has 6 heteroatoms. The molecular weight excluding hydrogens is 388 g/mol. The van der Waals surface area contributed by atoms with E-state index in [2.05, 4.69) is 29.3 Å². The van der Waals surface area contributed by atoms with Gasteiger partial charge in [-0.05, 0) is 31.5 Å². The molecule has 0 fully saturated rings. The van der Waals surface area contributed by atoms with Gasteiger partial charge in [-0.3, -0.25) is 9.59 Å². The summed E-state index contributed by atoms with van der Waals surface area (Å²) < 4.78 is 3.37. The fourth-order valence-corrected chi connectivity index (χ4v) is 4.25. The van der Waals surface area contributed by atoms with Crippen molar-refractivity contribution in [1.29, 1.82) is 0 Å². The fourth-order valence-electron chi connectivity index (χ4n) is 4.25. The van der Waals surface area contributed by atoms with Gasteiger partial charge in [-0.2, -0.15) is 0 Å². The molecule has 160 valence electrons. The van der Waals surface area contributed by atoms with E-state index in [4.69, 9.17) is 0 Å². The van der Waals surface area contributed by atoms with Crippen molar-refractivity contribution in [1.82, 2.24) is 14.5 Å². The highest BCUT2D eigenvalue weighted by Crippen LogP contribution is 2.28. The van der Waals surface area contributed by atoms with Crippen LogP contribution < -0.4 is 15.8 Å². The van der Waals surface area contributed by atoms with Crippen molar-refractivity contribution in [3.63, 3.8) is 0 Å². The maximum absolute atomic E-state index is 13.1. The number of carbonyl (C=O) groups is 1. The zero-order chi connectivity index (χ0) is 22.0. The number of fused-ring (bicyclic) bond motifs is 3. The lowest BCUT2D eigenvalue weighted by molar-refractivity contribution is 0.0954. The van der Waals surface area contributed by atoms with E-state index in [1.54, 1.807) is 13.2 Å². The Hall–Kier alpha value is -3.54. The lowest BCUT2D eigenvalue weighted by atomic mass is 10.1. The number of aromatic nitrogens is 2. The number of carbonyl (C=O) groups excluding carboxylic acids is 1. The van der Waals surface area contributed by atoms with E-state index in [1.807, 2.05) is 54.1 Å². The number of benzene rings is 2. The van der Waals surface area contributed by atoms with Crippen LogP contribution in [0.2, 0.25) is 0 Å². The first kappa shape index (κ1) is 20.7. The van der Waals surface area contributed by atoms with Gasteiger partial charge in [0, 0.05) is 61.9 Å². The molecule has 2 aromatic heterocycles. The van der Waals surface area contributed by atoms with Gasteiger partial charge < -0.3 is 19.4 Å². The van der Waals surface area contributed by atoms with Crippen molar-refractivity contribution >= 4 is 33.4 Å². The predicted molar refractivity (Wildman–Crippen MR) is 127 cm³/mol. The minimum Gasteiger partial charge on any atom is -0.372 e. The molecule has 0 saturated heterocycles. The molecule has 2 heterocycles. The molecule has 0 unspecified atom stereocenters. The first-order chi connectivity index (χ1) is 15.0. The summed E-state index contributed by atoms with van der Waals surface area (Å²) in [6, 6.07) is 18.1. The topological polar surface area (TPSA) is 59.3 Å². The number of pyridine rings is 1. The molecule has 31 heavy (non-hydrogen) atoms. The Balaban J connectivity index is 1.55. The molecule has 0 aliphatic rings. The summed E-state index contributed by atoms with van der Waals surface area (Å²) in [6.07, 6.45) is 2.48. The van der Waals surface area contributed by atoms with Crippen LogP contribution in [0.5, 0.6) is 0 Å².